The highest BCUT2D eigenvalue weighted by atomic mass is 14.9. The fraction of sp³-hybridized carbons (Fsp3) is 1.00. The fourth-order valence-electron chi connectivity index (χ4n) is 4.98. The summed E-state index contributed by atoms with van der Waals surface area (Å²) >= 11 is 0. The first-order valence-electron chi connectivity index (χ1n) is 9.01. The van der Waals surface area contributed by atoms with Crippen molar-refractivity contribution in [2.45, 2.75) is 84.6 Å². The monoisotopic (exact) mass is 265 g/mol. The largest absolute Gasteiger partial charge is 0.314 e. The van der Waals surface area contributed by atoms with Gasteiger partial charge in [-0.3, -0.25) is 0 Å². The van der Waals surface area contributed by atoms with Crippen LogP contribution >= 0.6 is 0 Å². The summed E-state index contributed by atoms with van der Waals surface area (Å²) in [4.78, 5) is 0. The van der Waals surface area contributed by atoms with E-state index in [0.717, 1.165) is 36.3 Å². The van der Waals surface area contributed by atoms with Crippen molar-refractivity contribution in [1.82, 2.24) is 5.32 Å². The Morgan fingerprint density at radius 3 is 2.21 bits per heavy atom. The third kappa shape index (κ3) is 3.97. The molecule has 1 N–H and O–H groups in total. The van der Waals surface area contributed by atoms with E-state index in [1.807, 2.05) is 0 Å². The molecular weight excluding hydrogens is 230 g/mol. The van der Waals surface area contributed by atoms with Gasteiger partial charge in [0, 0.05) is 6.04 Å². The Morgan fingerprint density at radius 2 is 1.74 bits per heavy atom. The normalized spacial score (nSPS) is 31.3. The van der Waals surface area contributed by atoms with Gasteiger partial charge < -0.3 is 5.32 Å². The molecule has 0 spiro atoms. The van der Waals surface area contributed by atoms with Crippen LogP contribution in [0.4, 0.5) is 0 Å². The second kappa shape index (κ2) is 7.67. The van der Waals surface area contributed by atoms with Crippen LogP contribution < -0.4 is 5.32 Å². The summed E-state index contributed by atoms with van der Waals surface area (Å²) < 4.78 is 0. The summed E-state index contributed by atoms with van der Waals surface area (Å²) in [6, 6.07) is 0.800. The zero-order valence-electron chi connectivity index (χ0n) is 13.5. The molecule has 1 nitrogen and oxygen atoms in total. The summed E-state index contributed by atoms with van der Waals surface area (Å²) in [5.41, 5.74) is 0. The van der Waals surface area contributed by atoms with Crippen molar-refractivity contribution in [2.75, 3.05) is 6.54 Å². The molecule has 0 aromatic carbocycles. The van der Waals surface area contributed by atoms with Crippen LogP contribution in [-0.4, -0.2) is 12.6 Å². The second-order valence-electron chi connectivity index (χ2n) is 7.17. The SMILES string of the molecule is CCCC(CCC)C(CC1CC2CCC1C2)NCC. The second-order valence-corrected chi connectivity index (χ2v) is 7.17. The quantitative estimate of drug-likeness (QED) is 0.618. The summed E-state index contributed by atoms with van der Waals surface area (Å²) in [7, 11) is 0. The van der Waals surface area contributed by atoms with Crippen LogP contribution in [0, 0.1) is 23.7 Å². The van der Waals surface area contributed by atoms with Crippen LogP contribution in [0.3, 0.4) is 0 Å². The fourth-order valence-corrected chi connectivity index (χ4v) is 4.98. The zero-order chi connectivity index (χ0) is 13.7. The molecule has 0 saturated heterocycles. The van der Waals surface area contributed by atoms with E-state index in [4.69, 9.17) is 0 Å². The third-order valence-corrected chi connectivity index (χ3v) is 5.80. The highest BCUT2D eigenvalue weighted by Gasteiger charge is 2.40. The minimum Gasteiger partial charge on any atom is -0.314 e. The smallest absolute Gasteiger partial charge is 0.00979 e. The van der Waals surface area contributed by atoms with Crippen molar-refractivity contribution in [2.24, 2.45) is 23.7 Å². The zero-order valence-corrected chi connectivity index (χ0v) is 13.5. The van der Waals surface area contributed by atoms with Crippen molar-refractivity contribution in [3.63, 3.8) is 0 Å². The van der Waals surface area contributed by atoms with Gasteiger partial charge in [-0.05, 0) is 68.7 Å². The van der Waals surface area contributed by atoms with E-state index < -0.39 is 0 Å². The highest BCUT2D eigenvalue weighted by Crippen LogP contribution is 2.50. The predicted octanol–water partition coefficient (Wildman–Crippen LogP) is 5.01. The van der Waals surface area contributed by atoms with Crippen LogP contribution in [0.25, 0.3) is 0 Å². The molecule has 112 valence electrons. The van der Waals surface area contributed by atoms with E-state index in [0.29, 0.717) is 0 Å². The lowest BCUT2D eigenvalue weighted by molar-refractivity contribution is 0.222. The van der Waals surface area contributed by atoms with Crippen LogP contribution in [0.15, 0.2) is 0 Å². The van der Waals surface area contributed by atoms with E-state index in [9.17, 15) is 0 Å². The maximum Gasteiger partial charge on any atom is 0.00979 e. The average molecular weight is 265 g/mol. The first-order valence-corrected chi connectivity index (χ1v) is 9.01. The molecular formula is C18H35N. The predicted molar refractivity (Wildman–Crippen MR) is 84.3 cm³/mol. The summed E-state index contributed by atoms with van der Waals surface area (Å²) in [5.74, 6) is 4.18. The molecule has 4 unspecified atom stereocenters. The van der Waals surface area contributed by atoms with Crippen LogP contribution in [0.1, 0.15) is 78.6 Å². The lowest BCUT2D eigenvalue weighted by Gasteiger charge is -2.32. The summed E-state index contributed by atoms with van der Waals surface area (Å²) in [6.45, 7) is 8.13. The molecule has 2 bridgehead atoms. The van der Waals surface area contributed by atoms with Gasteiger partial charge in [-0.1, -0.05) is 40.0 Å². The van der Waals surface area contributed by atoms with Crippen molar-refractivity contribution >= 4 is 0 Å². The van der Waals surface area contributed by atoms with Gasteiger partial charge in [0.05, 0.1) is 0 Å². The number of fused-ring (bicyclic) bond motifs is 2. The number of nitrogens with one attached hydrogen (secondary N) is 1. The van der Waals surface area contributed by atoms with E-state index in [1.165, 1.54) is 32.1 Å². The molecule has 2 aliphatic carbocycles. The Labute approximate surface area is 120 Å². The molecule has 0 heterocycles. The molecule has 0 aromatic rings. The van der Waals surface area contributed by atoms with Crippen molar-refractivity contribution < 1.29 is 0 Å². The Bertz CT molecular complexity index is 244. The molecule has 2 fully saturated rings. The third-order valence-electron chi connectivity index (χ3n) is 5.80. The van der Waals surface area contributed by atoms with Gasteiger partial charge in [0.15, 0.2) is 0 Å². The van der Waals surface area contributed by atoms with Crippen molar-refractivity contribution in [1.29, 1.82) is 0 Å². The summed E-state index contributed by atoms with van der Waals surface area (Å²) in [5, 5.41) is 3.84. The first-order chi connectivity index (χ1) is 9.28. The maximum absolute atomic E-state index is 3.84. The van der Waals surface area contributed by atoms with Crippen LogP contribution in [0.5, 0.6) is 0 Å². The van der Waals surface area contributed by atoms with E-state index >= 15 is 0 Å². The molecule has 2 saturated carbocycles. The molecule has 0 aliphatic heterocycles. The molecule has 0 amide bonds. The van der Waals surface area contributed by atoms with Gasteiger partial charge in [-0.2, -0.15) is 0 Å². The molecule has 0 aromatic heterocycles. The van der Waals surface area contributed by atoms with Gasteiger partial charge in [0.1, 0.15) is 0 Å². The molecule has 2 rings (SSSR count). The number of hydrogen-bond donors (Lipinski definition) is 1. The van der Waals surface area contributed by atoms with Crippen molar-refractivity contribution in [3.05, 3.63) is 0 Å². The van der Waals surface area contributed by atoms with Gasteiger partial charge in [0.2, 0.25) is 0 Å². The van der Waals surface area contributed by atoms with Crippen LogP contribution in [0.2, 0.25) is 0 Å². The Kier molecular flexibility index (Phi) is 6.19. The van der Waals surface area contributed by atoms with E-state index in [-0.39, 0.29) is 0 Å². The molecule has 4 atom stereocenters. The maximum atomic E-state index is 3.84. The molecule has 0 radical (unpaired) electrons. The molecule has 19 heavy (non-hydrogen) atoms. The Balaban J connectivity index is 1.90. The Morgan fingerprint density at radius 1 is 1.00 bits per heavy atom. The highest BCUT2D eigenvalue weighted by molar-refractivity contribution is 4.92. The van der Waals surface area contributed by atoms with Gasteiger partial charge >= 0.3 is 0 Å². The molecule has 1 heteroatoms. The summed E-state index contributed by atoms with van der Waals surface area (Å²) in [6.07, 6.45) is 13.2. The Hall–Kier alpha value is -0.0400. The first kappa shape index (κ1) is 15.4. The van der Waals surface area contributed by atoms with E-state index in [1.54, 1.807) is 25.7 Å². The number of rotatable bonds is 9. The van der Waals surface area contributed by atoms with Gasteiger partial charge in [-0.15, -0.1) is 0 Å². The standard InChI is InChI=1S/C18H35N/c1-4-7-15(8-5-2)18(19-6-3)13-17-12-14-9-10-16(17)11-14/h14-19H,4-13H2,1-3H3. The minimum atomic E-state index is 0.800. The van der Waals surface area contributed by atoms with Crippen molar-refractivity contribution in [3.8, 4) is 0 Å². The topological polar surface area (TPSA) is 12.0 Å². The molecule has 2 aliphatic rings. The van der Waals surface area contributed by atoms with Crippen LogP contribution in [-0.2, 0) is 0 Å². The number of hydrogen-bond acceptors (Lipinski definition) is 1. The minimum absolute atomic E-state index is 0.800. The average Bonchev–Trinajstić information content (AvgIpc) is 3.00. The van der Waals surface area contributed by atoms with E-state index in [2.05, 4.69) is 26.1 Å². The van der Waals surface area contributed by atoms with Gasteiger partial charge in [-0.25, -0.2) is 0 Å². The van der Waals surface area contributed by atoms with Gasteiger partial charge in [0.25, 0.3) is 0 Å². The lowest BCUT2D eigenvalue weighted by atomic mass is 9.79. The lowest BCUT2D eigenvalue weighted by Crippen LogP contribution is -2.38.